The van der Waals surface area contributed by atoms with Gasteiger partial charge in [0.2, 0.25) is 5.91 Å². The minimum atomic E-state index is -0.454. The average Bonchev–Trinajstić information content (AvgIpc) is 2.43. The second kappa shape index (κ2) is 6.63. The van der Waals surface area contributed by atoms with Crippen LogP contribution in [0, 0.1) is 5.82 Å². The first-order valence-electron chi connectivity index (χ1n) is 6.09. The molecule has 2 rings (SSSR count). The van der Waals surface area contributed by atoms with Crippen molar-refractivity contribution >= 4 is 21.8 Å². The molecule has 104 valence electrons. The summed E-state index contributed by atoms with van der Waals surface area (Å²) in [4.78, 5) is 11.1. The molecule has 0 saturated carbocycles. The van der Waals surface area contributed by atoms with Crippen LogP contribution in [0.3, 0.4) is 0 Å². The van der Waals surface area contributed by atoms with Crippen LogP contribution in [0.1, 0.15) is 21.5 Å². The third kappa shape index (κ3) is 3.88. The lowest BCUT2D eigenvalue weighted by Crippen LogP contribution is -2.15. The molecule has 0 bridgehead atoms. The SMILES string of the molecule is NC(=O)c1cccc(CNCc2cc(Br)ccc2F)c1. The lowest BCUT2D eigenvalue weighted by molar-refractivity contribution is 0.1000. The fourth-order valence-electron chi connectivity index (χ4n) is 1.85. The van der Waals surface area contributed by atoms with Crippen molar-refractivity contribution in [2.45, 2.75) is 13.1 Å². The molecule has 0 fully saturated rings. The summed E-state index contributed by atoms with van der Waals surface area (Å²) in [5.41, 5.74) is 7.21. The number of primary amides is 1. The molecule has 2 aromatic carbocycles. The number of hydrogen-bond acceptors (Lipinski definition) is 2. The molecule has 0 aromatic heterocycles. The van der Waals surface area contributed by atoms with Gasteiger partial charge in [-0.05, 0) is 35.9 Å². The molecule has 0 saturated heterocycles. The summed E-state index contributed by atoms with van der Waals surface area (Å²) in [7, 11) is 0. The van der Waals surface area contributed by atoms with Crippen LogP contribution in [0.2, 0.25) is 0 Å². The third-order valence-electron chi connectivity index (χ3n) is 2.86. The van der Waals surface area contributed by atoms with E-state index in [-0.39, 0.29) is 5.82 Å². The lowest BCUT2D eigenvalue weighted by atomic mass is 10.1. The Morgan fingerprint density at radius 2 is 2.00 bits per heavy atom. The fourth-order valence-corrected chi connectivity index (χ4v) is 2.26. The molecule has 3 nitrogen and oxygen atoms in total. The maximum atomic E-state index is 13.5. The van der Waals surface area contributed by atoms with E-state index in [9.17, 15) is 9.18 Å². The van der Waals surface area contributed by atoms with Crippen LogP contribution in [0.25, 0.3) is 0 Å². The van der Waals surface area contributed by atoms with Crippen LogP contribution in [0.4, 0.5) is 4.39 Å². The Hall–Kier alpha value is -1.72. The standard InChI is InChI=1S/C15H14BrFN2O/c16-13-4-5-14(17)12(7-13)9-19-8-10-2-1-3-11(6-10)15(18)20/h1-7,19H,8-9H2,(H2,18,20). The number of hydrogen-bond donors (Lipinski definition) is 2. The summed E-state index contributed by atoms with van der Waals surface area (Å²) >= 11 is 3.31. The number of carbonyl (C=O) groups is 1. The van der Waals surface area contributed by atoms with E-state index in [0.717, 1.165) is 10.0 Å². The van der Waals surface area contributed by atoms with E-state index in [2.05, 4.69) is 21.2 Å². The molecule has 3 N–H and O–H groups in total. The Labute approximate surface area is 125 Å². The van der Waals surface area contributed by atoms with Gasteiger partial charge in [-0.25, -0.2) is 4.39 Å². The van der Waals surface area contributed by atoms with Gasteiger partial charge in [-0.1, -0.05) is 28.1 Å². The molecular formula is C15H14BrFN2O. The van der Waals surface area contributed by atoms with Crippen LogP contribution in [-0.2, 0) is 13.1 Å². The number of carbonyl (C=O) groups excluding carboxylic acids is 1. The van der Waals surface area contributed by atoms with Gasteiger partial charge in [0, 0.05) is 28.7 Å². The van der Waals surface area contributed by atoms with E-state index in [1.807, 2.05) is 6.07 Å². The molecule has 5 heteroatoms. The minimum Gasteiger partial charge on any atom is -0.366 e. The van der Waals surface area contributed by atoms with Crippen molar-refractivity contribution in [2.75, 3.05) is 0 Å². The van der Waals surface area contributed by atoms with Gasteiger partial charge in [-0.2, -0.15) is 0 Å². The monoisotopic (exact) mass is 336 g/mol. The number of nitrogens with one attached hydrogen (secondary N) is 1. The van der Waals surface area contributed by atoms with Crippen molar-refractivity contribution < 1.29 is 9.18 Å². The van der Waals surface area contributed by atoms with E-state index in [1.54, 1.807) is 30.3 Å². The van der Waals surface area contributed by atoms with Gasteiger partial charge >= 0.3 is 0 Å². The Kier molecular flexibility index (Phi) is 4.87. The topological polar surface area (TPSA) is 55.1 Å². The van der Waals surface area contributed by atoms with Crippen LogP contribution >= 0.6 is 15.9 Å². The van der Waals surface area contributed by atoms with Crippen LogP contribution < -0.4 is 11.1 Å². The largest absolute Gasteiger partial charge is 0.366 e. The van der Waals surface area contributed by atoms with Gasteiger partial charge in [0.15, 0.2) is 0 Å². The number of nitrogens with two attached hydrogens (primary N) is 1. The number of benzene rings is 2. The highest BCUT2D eigenvalue weighted by Gasteiger charge is 2.04. The highest BCUT2D eigenvalue weighted by atomic mass is 79.9. The molecular weight excluding hydrogens is 323 g/mol. The molecule has 0 atom stereocenters. The Morgan fingerprint density at radius 1 is 1.20 bits per heavy atom. The summed E-state index contributed by atoms with van der Waals surface area (Å²) < 4.78 is 14.4. The third-order valence-corrected chi connectivity index (χ3v) is 3.36. The maximum absolute atomic E-state index is 13.5. The zero-order valence-corrected chi connectivity index (χ0v) is 12.3. The smallest absolute Gasteiger partial charge is 0.248 e. The first-order chi connectivity index (χ1) is 9.56. The molecule has 0 aliphatic rings. The molecule has 0 aliphatic heterocycles. The average molecular weight is 337 g/mol. The van der Waals surface area contributed by atoms with E-state index in [4.69, 9.17) is 5.73 Å². The predicted molar refractivity (Wildman–Crippen MR) is 79.6 cm³/mol. The van der Waals surface area contributed by atoms with Crippen molar-refractivity contribution in [1.29, 1.82) is 0 Å². The number of amides is 1. The van der Waals surface area contributed by atoms with Crippen LogP contribution in [0.15, 0.2) is 46.9 Å². The first-order valence-corrected chi connectivity index (χ1v) is 6.89. The summed E-state index contributed by atoms with van der Waals surface area (Å²) in [5, 5.41) is 3.14. The minimum absolute atomic E-state index is 0.244. The van der Waals surface area contributed by atoms with Gasteiger partial charge in [-0.15, -0.1) is 0 Å². The predicted octanol–water partition coefficient (Wildman–Crippen LogP) is 2.98. The lowest BCUT2D eigenvalue weighted by Gasteiger charge is -2.07. The molecule has 0 heterocycles. The Balaban J connectivity index is 1.97. The number of halogens is 2. The van der Waals surface area contributed by atoms with E-state index in [1.165, 1.54) is 6.07 Å². The van der Waals surface area contributed by atoms with E-state index in [0.29, 0.717) is 24.2 Å². The van der Waals surface area contributed by atoms with Crippen LogP contribution in [0.5, 0.6) is 0 Å². The molecule has 0 radical (unpaired) electrons. The van der Waals surface area contributed by atoms with Gasteiger partial charge < -0.3 is 11.1 Å². The quantitative estimate of drug-likeness (QED) is 0.881. The fraction of sp³-hybridized carbons (Fsp3) is 0.133. The van der Waals surface area contributed by atoms with Crippen molar-refractivity contribution in [3.8, 4) is 0 Å². The second-order valence-corrected chi connectivity index (χ2v) is 5.32. The van der Waals surface area contributed by atoms with Crippen LogP contribution in [-0.4, -0.2) is 5.91 Å². The zero-order valence-electron chi connectivity index (χ0n) is 10.7. The van der Waals surface area contributed by atoms with Crippen molar-refractivity contribution in [2.24, 2.45) is 5.73 Å². The summed E-state index contributed by atoms with van der Waals surface area (Å²) in [5.74, 6) is -0.698. The van der Waals surface area contributed by atoms with Gasteiger partial charge in [-0.3, -0.25) is 4.79 Å². The summed E-state index contributed by atoms with van der Waals surface area (Å²) in [6.07, 6.45) is 0. The Morgan fingerprint density at radius 3 is 2.75 bits per heavy atom. The second-order valence-electron chi connectivity index (χ2n) is 4.40. The van der Waals surface area contributed by atoms with E-state index >= 15 is 0 Å². The molecule has 20 heavy (non-hydrogen) atoms. The highest BCUT2D eigenvalue weighted by Crippen LogP contribution is 2.15. The molecule has 0 spiro atoms. The Bertz CT molecular complexity index is 631. The molecule has 2 aromatic rings. The van der Waals surface area contributed by atoms with Gasteiger partial charge in [0.1, 0.15) is 5.82 Å². The first kappa shape index (κ1) is 14.7. The van der Waals surface area contributed by atoms with Gasteiger partial charge in [0.05, 0.1) is 0 Å². The molecule has 0 aliphatic carbocycles. The zero-order chi connectivity index (χ0) is 14.5. The van der Waals surface area contributed by atoms with Crippen molar-refractivity contribution in [3.63, 3.8) is 0 Å². The number of rotatable bonds is 5. The van der Waals surface area contributed by atoms with Crippen molar-refractivity contribution in [1.82, 2.24) is 5.32 Å². The van der Waals surface area contributed by atoms with E-state index < -0.39 is 5.91 Å². The maximum Gasteiger partial charge on any atom is 0.248 e. The molecule has 1 amide bonds. The normalized spacial score (nSPS) is 10.5. The summed E-state index contributed by atoms with van der Waals surface area (Å²) in [6.45, 7) is 0.944. The highest BCUT2D eigenvalue weighted by molar-refractivity contribution is 9.10. The van der Waals surface area contributed by atoms with Gasteiger partial charge in [0.25, 0.3) is 0 Å². The summed E-state index contributed by atoms with van der Waals surface area (Å²) in [6, 6.07) is 11.9. The van der Waals surface area contributed by atoms with Crippen molar-refractivity contribution in [3.05, 3.63) is 69.4 Å². The molecule has 0 unspecified atom stereocenters.